The minimum Gasteiger partial charge on any atom is -0.493 e. The van der Waals surface area contributed by atoms with Crippen molar-refractivity contribution in [3.8, 4) is 11.5 Å². The highest BCUT2D eigenvalue weighted by atomic mass is 16.5. The van der Waals surface area contributed by atoms with E-state index in [2.05, 4.69) is 36.5 Å². The van der Waals surface area contributed by atoms with Crippen molar-refractivity contribution in [2.24, 2.45) is 0 Å². The first-order valence-electron chi connectivity index (χ1n) is 7.93. The number of anilines is 2. The Kier molecular flexibility index (Phi) is 4.52. The topological polar surface area (TPSA) is 30.5 Å². The van der Waals surface area contributed by atoms with E-state index in [-0.39, 0.29) is 0 Å². The number of benzene rings is 2. The van der Waals surface area contributed by atoms with E-state index in [4.69, 9.17) is 9.47 Å². The summed E-state index contributed by atoms with van der Waals surface area (Å²) in [6, 6.07) is 14.3. The third-order valence-electron chi connectivity index (χ3n) is 4.07. The van der Waals surface area contributed by atoms with Crippen LogP contribution in [0.4, 0.5) is 11.4 Å². The minimum atomic E-state index is 0.322. The molecule has 1 aliphatic rings. The molecule has 3 rings (SSSR count). The van der Waals surface area contributed by atoms with E-state index in [1.807, 2.05) is 18.2 Å². The molecule has 1 fully saturated rings. The molecule has 116 valence electrons. The van der Waals surface area contributed by atoms with Gasteiger partial charge >= 0.3 is 0 Å². The fraction of sp³-hybridized carbons (Fsp3) is 0.368. The Hall–Kier alpha value is -2.16. The molecular formula is C19H23NO2. The first kappa shape index (κ1) is 14.8. The minimum absolute atomic E-state index is 0.322. The fourth-order valence-electron chi connectivity index (χ4n) is 2.92. The summed E-state index contributed by atoms with van der Waals surface area (Å²) in [7, 11) is 1.69. The van der Waals surface area contributed by atoms with Crippen LogP contribution in [0, 0.1) is 6.92 Å². The van der Waals surface area contributed by atoms with Crippen LogP contribution in [0.2, 0.25) is 0 Å². The largest absolute Gasteiger partial charge is 0.493 e. The molecule has 0 atom stereocenters. The highest BCUT2D eigenvalue weighted by Gasteiger charge is 2.18. The molecule has 3 nitrogen and oxygen atoms in total. The standard InChI is InChI=1S/C19H23NO2/c1-14-6-5-7-15(12-14)20-16-10-11-18(21-2)19(13-16)22-17-8-3-4-9-17/h5-7,10-13,17,20H,3-4,8-9H2,1-2H3. The van der Waals surface area contributed by atoms with Gasteiger partial charge in [-0.2, -0.15) is 0 Å². The van der Waals surface area contributed by atoms with Gasteiger partial charge in [-0.1, -0.05) is 12.1 Å². The van der Waals surface area contributed by atoms with Crippen molar-refractivity contribution < 1.29 is 9.47 Å². The molecule has 0 heterocycles. The second kappa shape index (κ2) is 6.73. The lowest BCUT2D eigenvalue weighted by Crippen LogP contribution is -2.11. The molecule has 0 saturated heterocycles. The predicted octanol–water partition coefficient (Wildman–Crippen LogP) is 5.07. The van der Waals surface area contributed by atoms with Crippen LogP contribution in [0.5, 0.6) is 11.5 Å². The molecule has 0 amide bonds. The Morgan fingerprint density at radius 3 is 2.45 bits per heavy atom. The van der Waals surface area contributed by atoms with Crippen LogP contribution in [0.1, 0.15) is 31.2 Å². The highest BCUT2D eigenvalue weighted by molar-refractivity contribution is 5.64. The van der Waals surface area contributed by atoms with Gasteiger partial charge in [-0.25, -0.2) is 0 Å². The van der Waals surface area contributed by atoms with Crippen molar-refractivity contribution in [2.75, 3.05) is 12.4 Å². The fourth-order valence-corrected chi connectivity index (χ4v) is 2.92. The van der Waals surface area contributed by atoms with Gasteiger partial charge in [0, 0.05) is 17.4 Å². The zero-order valence-electron chi connectivity index (χ0n) is 13.3. The quantitative estimate of drug-likeness (QED) is 0.836. The van der Waals surface area contributed by atoms with Crippen LogP contribution in [-0.4, -0.2) is 13.2 Å². The number of hydrogen-bond acceptors (Lipinski definition) is 3. The third-order valence-corrected chi connectivity index (χ3v) is 4.07. The number of hydrogen-bond donors (Lipinski definition) is 1. The molecule has 0 aliphatic heterocycles. The second-order valence-corrected chi connectivity index (χ2v) is 5.88. The van der Waals surface area contributed by atoms with E-state index in [0.717, 1.165) is 35.7 Å². The molecule has 3 heteroatoms. The molecule has 0 aromatic heterocycles. The van der Waals surface area contributed by atoms with E-state index in [0.29, 0.717) is 6.10 Å². The summed E-state index contributed by atoms with van der Waals surface area (Å²) in [4.78, 5) is 0. The van der Waals surface area contributed by atoms with Gasteiger partial charge in [-0.05, 0) is 62.4 Å². The Morgan fingerprint density at radius 2 is 1.73 bits per heavy atom. The SMILES string of the molecule is COc1ccc(Nc2cccc(C)c2)cc1OC1CCCC1. The van der Waals surface area contributed by atoms with Gasteiger partial charge in [-0.3, -0.25) is 0 Å². The van der Waals surface area contributed by atoms with E-state index >= 15 is 0 Å². The van der Waals surface area contributed by atoms with Crippen molar-refractivity contribution in [3.63, 3.8) is 0 Å². The molecule has 2 aromatic rings. The summed E-state index contributed by atoms with van der Waals surface area (Å²) < 4.78 is 11.6. The van der Waals surface area contributed by atoms with Gasteiger partial charge < -0.3 is 14.8 Å². The van der Waals surface area contributed by atoms with Gasteiger partial charge in [0.05, 0.1) is 13.2 Å². The average Bonchev–Trinajstić information content (AvgIpc) is 3.01. The summed E-state index contributed by atoms with van der Waals surface area (Å²) in [5.41, 5.74) is 3.33. The van der Waals surface area contributed by atoms with E-state index in [9.17, 15) is 0 Å². The van der Waals surface area contributed by atoms with E-state index in [1.54, 1.807) is 7.11 Å². The summed E-state index contributed by atoms with van der Waals surface area (Å²) in [5.74, 6) is 1.62. The Morgan fingerprint density at radius 1 is 0.955 bits per heavy atom. The zero-order valence-corrected chi connectivity index (χ0v) is 13.3. The lowest BCUT2D eigenvalue weighted by atomic mass is 10.2. The smallest absolute Gasteiger partial charge is 0.163 e. The van der Waals surface area contributed by atoms with Gasteiger partial charge in [0.1, 0.15) is 0 Å². The zero-order chi connectivity index (χ0) is 15.4. The second-order valence-electron chi connectivity index (χ2n) is 5.88. The average molecular weight is 297 g/mol. The summed E-state index contributed by atoms with van der Waals surface area (Å²) >= 11 is 0. The summed E-state index contributed by atoms with van der Waals surface area (Å²) in [5, 5.41) is 3.43. The summed E-state index contributed by atoms with van der Waals surface area (Å²) in [6.07, 6.45) is 5.11. The van der Waals surface area contributed by atoms with Crippen molar-refractivity contribution >= 4 is 11.4 Å². The molecule has 0 unspecified atom stereocenters. The molecule has 0 bridgehead atoms. The Balaban J connectivity index is 1.79. The van der Waals surface area contributed by atoms with Crippen LogP contribution in [0.25, 0.3) is 0 Å². The Labute approximate surface area is 132 Å². The lowest BCUT2D eigenvalue weighted by molar-refractivity contribution is 0.201. The monoisotopic (exact) mass is 297 g/mol. The maximum absolute atomic E-state index is 6.13. The number of ether oxygens (including phenoxy) is 2. The lowest BCUT2D eigenvalue weighted by Gasteiger charge is -2.17. The van der Waals surface area contributed by atoms with Crippen molar-refractivity contribution in [3.05, 3.63) is 48.0 Å². The molecular weight excluding hydrogens is 274 g/mol. The third kappa shape index (κ3) is 3.53. The molecule has 0 spiro atoms. The molecule has 22 heavy (non-hydrogen) atoms. The van der Waals surface area contributed by atoms with Crippen LogP contribution >= 0.6 is 0 Å². The van der Waals surface area contributed by atoms with Crippen LogP contribution in [0.3, 0.4) is 0 Å². The predicted molar refractivity (Wildman–Crippen MR) is 90.3 cm³/mol. The van der Waals surface area contributed by atoms with Crippen molar-refractivity contribution in [1.82, 2.24) is 0 Å². The molecule has 1 saturated carbocycles. The van der Waals surface area contributed by atoms with Crippen molar-refractivity contribution in [1.29, 1.82) is 0 Å². The molecule has 1 N–H and O–H groups in total. The normalized spacial score (nSPS) is 14.8. The highest BCUT2D eigenvalue weighted by Crippen LogP contribution is 2.34. The first-order chi connectivity index (χ1) is 10.7. The number of rotatable bonds is 5. The van der Waals surface area contributed by atoms with E-state index < -0.39 is 0 Å². The van der Waals surface area contributed by atoms with Gasteiger partial charge in [0.2, 0.25) is 0 Å². The molecule has 0 radical (unpaired) electrons. The Bertz CT molecular complexity index is 633. The van der Waals surface area contributed by atoms with Crippen LogP contribution < -0.4 is 14.8 Å². The van der Waals surface area contributed by atoms with E-state index in [1.165, 1.54) is 18.4 Å². The van der Waals surface area contributed by atoms with Gasteiger partial charge in [0.15, 0.2) is 11.5 Å². The maximum Gasteiger partial charge on any atom is 0.163 e. The van der Waals surface area contributed by atoms with Crippen LogP contribution in [0.15, 0.2) is 42.5 Å². The molecule has 2 aromatic carbocycles. The number of aryl methyl sites for hydroxylation is 1. The number of nitrogens with one attached hydrogen (secondary N) is 1. The summed E-state index contributed by atoms with van der Waals surface area (Å²) in [6.45, 7) is 2.09. The molecule has 1 aliphatic carbocycles. The first-order valence-corrected chi connectivity index (χ1v) is 7.93. The van der Waals surface area contributed by atoms with Crippen molar-refractivity contribution in [2.45, 2.75) is 38.7 Å². The van der Waals surface area contributed by atoms with Crippen LogP contribution in [-0.2, 0) is 0 Å². The number of methoxy groups -OCH3 is 1. The maximum atomic E-state index is 6.13. The van der Waals surface area contributed by atoms with Gasteiger partial charge in [0.25, 0.3) is 0 Å². The van der Waals surface area contributed by atoms with Gasteiger partial charge in [-0.15, -0.1) is 0 Å².